The Kier molecular flexibility index (Phi) is 9.28. The van der Waals surface area contributed by atoms with Crippen molar-refractivity contribution in [2.75, 3.05) is 6.61 Å². The van der Waals surface area contributed by atoms with Gasteiger partial charge in [0.15, 0.2) is 0 Å². The van der Waals surface area contributed by atoms with E-state index in [1.165, 1.54) is 18.1 Å². The minimum absolute atomic E-state index is 0.186. The van der Waals surface area contributed by atoms with Crippen molar-refractivity contribution in [3.63, 3.8) is 0 Å². The number of ether oxygens (including phenoxy) is 1. The second-order valence-electron chi connectivity index (χ2n) is 5.89. The van der Waals surface area contributed by atoms with Gasteiger partial charge in [-0.3, -0.25) is 4.79 Å². The van der Waals surface area contributed by atoms with Crippen molar-refractivity contribution in [2.45, 2.75) is 60.8 Å². The van der Waals surface area contributed by atoms with Gasteiger partial charge in [0.25, 0.3) is 0 Å². The van der Waals surface area contributed by atoms with Gasteiger partial charge in [0, 0.05) is 6.92 Å². The van der Waals surface area contributed by atoms with Crippen molar-refractivity contribution in [3.8, 4) is 0 Å². The smallest absolute Gasteiger partial charge is 0.302 e. The molecule has 0 aromatic carbocycles. The van der Waals surface area contributed by atoms with E-state index >= 15 is 0 Å². The summed E-state index contributed by atoms with van der Waals surface area (Å²) in [4.78, 5) is 10.7. The molecule has 1 atom stereocenters. The highest BCUT2D eigenvalue weighted by Crippen LogP contribution is 2.19. The second kappa shape index (κ2) is 9.82. The van der Waals surface area contributed by atoms with Crippen molar-refractivity contribution < 1.29 is 9.53 Å². The highest BCUT2D eigenvalue weighted by Gasteiger charge is 2.05. The summed E-state index contributed by atoms with van der Waals surface area (Å²) in [6.45, 7) is 13.0. The lowest BCUT2D eigenvalue weighted by Crippen LogP contribution is -2.05. The minimum atomic E-state index is -0.186. The predicted octanol–water partition coefficient (Wildman–Crippen LogP) is 4.90. The molecule has 0 heterocycles. The first kappa shape index (κ1) is 17.9. The van der Waals surface area contributed by atoms with Crippen LogP contribution in [0.4, 0.5) is 0 Å². The summed E-state index contributed by atoms with van der Waals surface area (Å²) in [6, 6.07) is 0. The molecule has 0 aromatic heterocycles. The van der Waals surface area contributed by atoms with Gasteiger partial charge in [-0.15, -0.1) is 0 Å². The number of esters is 1. The molecule has 0 amide bonds. The molecule has 0 spiro atoms. The summed E-state index contributed by atoms with van der Waals surface area (Å²) < 4.78 is 4.98. The fourth-order valence-corrected chi connectivity index (χ4v) is 1.75. The first-order valence-electron chi connectivity index (χ1n) is 7.28. The van der Waals surface area contributed by atoms with Gasteiger partial charge in [-0.1, -0.05) is 44.1 Å². The van der Waals surface area contributed by atoms with Crippen molar-refractivity contribution in [2.24, 2.45) is 11.8 Å². The summed E-state index contributed by atoms with van der Waals surface area (Å²) >= 11 is 0. The molecule has 110 valence electrons. The van der Waals surface area contributed by atoms with E-state index in [1.54, 1.807) is 0 Å². The van der Waals surface area contributed by atoms with Crippen molar-refractivity contribution in [1.29, 1.82) is 0 Å². The van der Waals surface area contributed by atoms with E-state index < -0.39 is 0 Å². The normalized spacial score (nSPS) is 13.3. The van der Waals surface area contributed by atoms with Gasteiger partial charge >= 0.3 is 5.97 Å². The Balaban J connectivity index is 4.21. The zero-order chi connectivity index (χ0) is 14.8. The molecule has 0 fully saturated rings. The Morgan fingerprint density at radius 1 is 1.11 bits per heavy atom. The molecule has 0 aliphatic rings. The quantitative estimate of drug-likeness (QED) is 0.461. The molecule has 0 bridgehead atoms. The maximum atomic E-state index is 10.7. The first-order valence-corrected chi connectivity index (χ1v) is 7.28. The number of hydrogen-bond donors (Lipinski definition) is 0. The third-order valence-corrected chi connectivity index (χ3v) is 3.19. The molecule has 2 nitrogen and oxygen atoms in total. The summed E-state index contributed by atoms with van der Waals surface area (Å²) in [5.74, 6) is 0.963. The van der Waals surface area contributed by atoms with Crippen LogP contribution in [0.1, 0.15) is 60.8 Å². The Hall–Kier alpha value is -1.05. The van der Waals surface area contributed by atoms with Crippen LogP contribution in [-0.2, 0) is 9.53 Å². The molecule has 0 saturated heterocycles. The molecule has 0 aliphatic heterocycles. The third-order valence-electron chi connectivity index (χ3n) is 3.19. The fraction of sp³-hybridized carbons (Fsp3) is 0.706. The minimum Gasteiger partial charge on any atom is -0.466 e. The van der Waals surface area contributed by atoms with Crippen LogP contribution in [0.2, 0.25) is 0 Å². The van der Waals surface area contributed by atoms with E-state index in [2.05, 4.69) is 46.8 Å². The van der Waals surface area contributed by atoms with E-state index in [0.717, 1.165) is 19.3 Å². The van der Waals surface area contributed by atoms with E-state index in [-0.39, 0.29) is 5.97 Å². The van der Waals surface area contributed by atoms with Crippen LogP contribution in [-0.4, -0.2) is 12.6 Å². The van der Waals surface area contributed by atoms with Gasteiger partial charge < -0.3 is 4.74 Å². The molecule has 2 heteroatoms. The summed E-state index contributed by atoms with van der Waals surface area (Å²) in [5.41, 5.74) is 2.87. The van der Waals surface area contributed by atoms with Crippen LogP contribution in [0, 0.1) is 11.8 Å². The van der Waals surface area contributed by atoms with E-state index in [0.29, 0.717) is 18.4 Å². The maximum Gasteiger partial charge on any atom is 0.302 e. The Labute approximate surface area is 118 Å². The average molecular weight is 266 g/mol. The van der Waals surface area contributed by atoms with E-state index in [1.807, 2.05) is 0 Å². The standard InChI is InChI=1S/C17H30O2/c1-13(2)7-9-17(14(3)4)10-8-15(5)11-12-19-16(6)18/h7,10,14-15H,8-9,11-12H2,1-6H3/t15-/m0/s1. The summed E-state index contributed by atoms with van der Waals surface area (Å²) in [6.07, 6.45) is 7.70. The maximum absolute atomic E-state index is 10.7. The Bertz CT molecular complexity index is 320. The van der Waals surface area contributed by atoms with Gasteiger partial charge in [0.05, 0.1) is 6.61 Å². The Morgan fingerprint density at radius 2 is 1.74 bits per heavy atom. The van der Waals surface area contributed by atoms with Gasteiger partial charge in [0.2, 0.25) is 0 Å². The topological polar surface area (TPSA) is 26.3 Å². The lowest BCUT2D eigenvalue weighted by molar-refractivity contribution is -0.141. The number of hydrogen-bond acceptors (Lipinski definition) is 2. The molecule has 0 aromatic rings. The molecule has 0 N–H and O–H groups in total. The number of rotatable bonds is 8. The number of carbonyl (C=O) groups excluding carboxylic acids is 1. The van der Waals surface area contributed by atoms with Gasteiger partial charge in [-0.25, -0.2) is 0 Å². The van der Waals surface area contributed by atoms with Gasteiger partial charge in [-0.05, 0) is 44.9 Å². The molecular formula is C17H30O2. The van der Waals surface area contributed by atoms with Gasteiger partial charge in [-0.2, -0.15) is 0 Å². The fourth-order valence-electron chi connectivity index (χ4n) is 1.75. The predicted molar refractivity (Wildman–Crippen MR) is 82.0 cm³/mol. The first-order chi connectivity index (χ1) is 8.82. The number of carbonyl (C=O) groups is 1. The lowest BCUT2D eigenvalue weighted by Gasteiger charge is -2.13. The van der Waals surface area contributed by atoms with Crippen LogP contribution in [0.3, 0.4) is 0 Å². The molecule has 0 aliphatic carbocycles. The van der Waals surface area contributed by atoms with Crippen molar-refractivity contribution >= 4 is 5.97 Å². The summed E-state index contributed by atoms with van der Waals surface area (Å²) in [7, 11) is 0. The highest BCUT2D eigenvalue weighted by molar-refractivity contribution is 5.65. The van der Waals surface area contributed by atoms with Crippen LogP contribution >= 0.6 is 0 Å². The van der Waals surface area contributed by atoms with Crippen LogP contribution < -0.4 is 0 Å². The van der Waals surface area contributed by atoms with Crippen LogP contribution in [0.15, 0.2) is 23.3 Å². The van der Waals surface area contributed by atoms with E-state index in [4.69, 9.17) is 4.74 Å². The lowest BCUT2D eigenvalue weighted by atomic mass is 9.94. The largest absolute Gasteiger partial charge is 0.466 e. The molecular weight excluding hydrogens is 236 g/mol. The third kappa shape index (κ3) is 10.5. The van der Waals surface area contributed by atoms with Crippen LogP contribution in [0.5, 0.6) is 0 Å². The van der Waals surface area contributed by atoms with E-state index in [9.17, 15) is 4.79 Å². The zero-order valence-corrected chi connectivity index (χ0v) is 13.5. The van der Waals surface area contributed by atoms with Gasteiger partial charge in [0.1, 0.15) is 0 Å². The van der Waals surface area contributed by atoms with Crippen molar-refractivity contribution in [1.82, 2.24) is 0 Å². The SMILES string of the molecule is CC(=O)OCC[C@@H](C)CC=C(CC=C(C)C)C(C)C. The average Bonchev–Trinajstić information content (AvgIpc) is 2.27. The molecule has 0 saturated carbocycles. The van der Waals surface area contributed by atoms with Crippen LogP contribution in [0.25, 0.3) is 0 Å². The summed E-state index contributed by atoms with van der Waals surface area (Å²) in [5, 5.41) is 0. The van der Waals surface area contributed by atoms with Crippen molar-refractivity contribution in [3.05, 3.63) is 23.3 Å². The second-order valence-corrected chi connectivity index (χ2v) is 5.89. The molecule has 0 radical (unpaired) electrons. The highest BCUT2D eigenvalue weighted by atomic mass is 16.5. The number of allylic oxidation sites excluding steroid dienone is 4. The zero-order valence-electron chi connectivity index (χ0n) is 13.5. The Morgan fingerprint density at radius 3 is 2.21 bits per heavy atom. The molecule has 19 heavy (non-hydrogen) atoms. The molecule has 0 rings (SSSR count). The monoisotopic (exact) mass is 266 g/mol. The molecule has 0 unspecified atom stereocenters.